The summed E-state index contributed by atoms with van der Waals surface area (Å²) in [5.41, 5.74) is 7.71. The summed E-state index contributed by atoms with van der Waals surface area (Å²) in [5.74, 6) is -2.25. The third-order valence-corrected chi connectivity index (χ3v) is 5.40. The van der Waals surface area contributed by atoms with Gasteiger partial charge in [0.25, 0.3) is 11.8 Å². The molecule has 1 unspecified atom stereocenters. The lowest BCUT2D eigenvalue weighted by atomic mass is 10.0. The van der Waals surface area contributed by atoms with Gasteiger partial charge in [0.05, 0.1) is 11.3 Å². The fraction of sp³-hybridized carbons (Fsp3) is 0.0800. The maximum Gasteiger partial charge on any atom is 0.287 e. The van der Waals surface area contributed by atoms with Gasteiger partial charge in [0, 0.05) is 29.4 Å². The molecular formula is C25H20ClN5O3. The number of nitrogens with zero attached hydrogens (tertiary/aromatic N) is 3. The number of carbonyl (C=O) groups is 3. The van der Waals surface area contributed by atoms with Crippen LogP contribution in [0.15, 0.2) is 85.5 Å². The highest BCUT2D eigenvalue weighted by Crippen LogP contribution is 2.22. The van der Waals surface area contributed by atoms with Crippen molar-refractivity contribution < 1.29 is 14.4 Å². The molecule has 0 spiro atoms. The first-order valence-electron chi connectivity index (χ1n) is 10.4. The third kappa shape index (κ3) is 5.19. The fourth-order valence-electron chi connectivity index (χ4n) is 3.46. The van der Waals surface area contributed by atoms with Gasteiger partial charge in [0.1, 0.15) is 12.4 Å². The van der Waals surface area contributed by atoms with Crippen LogP contribution < -0.4 is 11.1 Å². The summed E-state index contributed by atoms with van der Waals surface area (Å²) in [6, 6.07) is 18.3. The third-order valence-electron chi connectivity index (χ3n) is 5.15. The Bertz CT molecular complexity index is 1340. The zero-order valence-corrected chi connectivity index (χ0v) is 18.6. The summed E-state index contributed by atoms with van der Waals surface area (Å²) >= 11 is 5.96. The van der Waals surface area contributed by atoms with Crippen LogP contribution in [0, 0.1) is 0 Å². The van der Waals surface area contributed by atoms with Crippen LogP contribution in [0.4, 0.5) is 0 Å². The first-order chi connectivity index (χ1) is 16.4. The quantitative estimate of drug-likeness (QED) is 0.381. The lowest BCUT2D eigenvalue weighted by molar-refractivity contribution is -0.137. The molecule has 2 heterocycles. The van der Waals surface area contributed by atoms with Crippen molar-refractivity contribution >= 4 is 29.2 Å². The van der Waals surface area contributed by atoms with Crippen LogP contribution in [0.5, 0.6) is 0 Å². The minimum Gasteiger partial charge on any atom is -0.363 e. The topological polar surface area (TPSA) is 120 Å². The number of nitrogens with two attached hydrogens (primary N) is 1. The van der Waals surface area contributed by atoms with E-state index in [1.165, 1.54) is 0 Å². The van der Waals surface area contributed by atoms with Gasteiger partial charge in [0.2, 0.25) is 5.78 Å². The van der Waals surface area contributed by atoms with Gasteiger partial charge in [-0.15, -0.1) is 0 Å². The Morgan fingerprint density at radius 1 is 0.971 bits per heavy atom. The van der Waals surface area contributed by atoms with E-state index in [-0.39, 0.29) is 12.0 Å². The van der Waals surface area contributed by atoms with E-state index in [9.17, 15) is 14.4 Å². The monoisotopic (exact) mass is 473 g/mol. The van der Waals surface area contributed by atoms with Gasteiger partial charge in [-0.3, -0.25) is 19.0 Å². The number of amides is 2. The number of ketones is 1. The smallest absolute Gasteiger partial charge is 0.287 e. The summed E-state index contributed by atoms with van der Waals surface area (Å²) in [6.45, 7) is 0. The average molecular weight is 474 g/mol. The molecule has 2 amide bonds. The van der Waals surface area contributed by atoms with E-state index in [0.717, 1.165) is 11.1 Å². The maximum atomic E-state index is 13.2. The molecule has 34 heavy (non-hydrogen) atoms. The molecular weight excluding hydrogens is 454 g/mol. The average Bonchev–Trinajstić information content (AvgIpc) is 3.34. The highest BCUT2D eigenvalue weighted by molar-refractivity contribution is 6.38. The Balaban J connectivity index is 1.61. The second-order valence-electron chi connectivity index (χ2n) is 7.49. The first-order valence-corrected chi connectivity index (χ1v) is 10.7. The van der Waals surface area contributed by atoms with Gasteiger partial charge >= 0.3 is 0 Å². The number of aromatic nitrogens is 3. The van der Waals surface area contributed by atoms with Crippen LogP contribution >= 0.6 is 11.6 Å². The Labute approximate surface area is 200 Å². The van der Waals surface area contributed by atoms with E-state index in [0.29, 0.717) is 16.5 Å². The number of Topliss-reactive ketones (excluding diaryl/α,β-unsaturated/α-hetero) is 1. The molecule has 9 heteroatoms. The molecule has 0 bridgehead atoms. The number of hydrogen-bond acceptors (Lipinski definition) is 5. The predicted molar refractivity (Wildman–Crippen MR) is 127 cm³/mol. The molecule has 170 valence electrons. The van der Waals surface area contributed by atoms with Crippen molar-refractivity contribution in [2.45, 2.75) is 12.5 Å². The number of halogens is 1. The molecule has 2 aromatic carbocycles. The molecule has 8 nitrogen and oxygen atoms in total. The van der Waals surface area contributed by atoms with Crippen LogP contribution in [-0.4, -0.2) is 38.2 Å². The second-order valence-corrected chi connectivity index (χ2v) is 7.93. The van der Waals surface area contributed by atoms with E-state index in [1.807, 2.05) is 18.2 Å². The zero-order valence-electron chi connectivity index (χ0n) is 17.9. The number of benzene rings is 2. The Kier molecular flexibility index (Phi) is 6.79. The van der Waals surface area contributed by atoms with Crippen LogP contribution in [0.2, 0.25) is 5.02 Å². The van der Waals surface area contributed by atoms with Gasteiger partial charge in [-0.25, -0.2) is 9.97 Å². The zero-order chi connectivity index (χ0) is 24.1. The number of pyridine rings is 1. The van der Waals surface area contributed by atoms with Crippen LogP contribution in [-0.2, 0) is 16.0 Å². The van der Waals surface area contributed by atoms with Crippen molar-refractivity contribution in [2.24, 2.45) is 5.73 Å². The maximum absolute atomic E-state index is 13.2. The summed E-state index contributed by atoms with van der Waals surface area (Å²) in [4.78, 5) is 45.9. The van der Waals surface area contributed by atoms with Crippen molar-refractivity contribution in [3.8, 4) is 17.1 Å². The summed E-state index contributed by atoms with van der Waals surface area (Å²) < 4.78 is 1.61. The Morgan fingerprint density at radius 2 is 1.71 bits per heavy atom. The molecule has 4 rings (SSSR count). The van der Waals surface area contributed by atoms with Gasteiger partial charge in [-0.05, 0) is 29.8 Å². The van der Waals surface area contributed by atoms with Crippen molar-refractivity contribution in [1.82, 2.24) is 19.9 Å². The number of imidazole rings is 1. The summed E-state index contributed by atoms with van der Waals surface area (Å²) in [6.07, 6.45) is 4.94. The van der Waals surface area contributed by atoms with Crippen molar-refractivity contribution in [3.05, 3.63) is 102 Å². The minimum absolute atomic E-state index is 0.121. The number of nitrogens with one attached hydrogen (secondary N) is 1. The molecule has 0 aliphatic heterocycles. The molecule has 2 aromatic heterocycles. The molecule has 4 aromatic rings. The molecule has 0 fully saturated rings. The summed E-state index contributed by atoms with van der Waals surface area (Å²) in [7, 11) is 0. The van der Waals surface area contributed by atoms with E-state index >= 15 is 0 Å². The van der Waals surface area contributed by atoms with Crippen molar-refractivity contribution in [3.63, 3.8) is 0 Å². The standard InChI is InChI=1S/C25H20ClN5O3/c26-18-10-8-17(9-11-18)21-14-31(15-29-21)24-19(7-4-12-28-24)25(34)30-20(22(32)23(27)33)13-16-5-2-1-3-6-16/h1-12,14-15,20H,13H2,(H2,27,33)(H,30,34). The van der Waals surface area contributed by atoms with Crippen LogP contribution in [0.1, 0.15) is 15.9 Å². The highest BCUT2D eigenvalue weighted by Gasteiger charge is 2.27. The van der Waals surface area contributed by atoms with Crippen molar-refractivity contribution in [2.75, 3.05) is 0 Å². The van der Waals surface area contributed by atoms with E-state index in [1.54, 1.807) is 71.8 Å². The van der Waals surface area contributed by atoms with E-state index in [2.05, 4.69) is 15.3 Å². The summed E-state index contributed by atoms with van der Waals surface area (Å²) in [5, 5.41) is 3.25. The van der Waals surface area contributed by atoms with Gasteiger partial charge in [-0.2, -0.15) is 0 Å². The number of primary amides is 1. The molecule has 0 saturated carbocycles. The number of carbonyl (C=O) groups excluding carboxylic acids is 3. The molecule has 3 N–H and O–H groups in total. The number of hydrogen-bond donors (Lipinski definition) is 2. The van der Waals surface area contributed by atoms with E-state index in [4.69, 9.17) is 17.3 Å². The SMILES string of the molecule is NC(=O)C(=O)C(Cc1ccccc1)NC(=O)c1cccnc1-n1cnc(-c2ccc(Cl)cc2)c1. The molecule has 0 aliphatic rings. The largest absolute Gasteiger partial charge is 0.363 e. The highest BCUT2D eigenvalue weighted by atomic mass is 35.5. The Morgan fingerprint density at radius 3 is 2.41 bits per heavy atom. The fourth-order valence-corrected chi connectivity index (χ4v) is 3.58. The molecule has 0 saturated heterocycles. The molecule has 0 radical (unpaired) electrons. The lowest BCUT2D eigenvalue weighted by Crippen LogP contribution is -2.47. The second kappa shape index (κ2) is 10.1. The normalized spacial score (nSPS) is 11.6. The lowest BCUT2D eigenvalue weighted by Gasteiger charge is -2.17. The van der Waals surface area contributed by atoms with E-state index < -0.39 is 23.6 Å². The Hall–Kier alpha value is -4.30. The van der Waals surface area contributed by atoms with Crippen LogP contribution in [0.3, 0.4) is 0 Å². The first kappa shape index (κ1) is 22.9. The van der Waals surface area contributed by atoms with Gasteiger partial charge < -0.3 is 11.1 Å². The van der Waals surface area contributed by atoms with Crippen molar-refractivity contribution in [1.29, 1.82) is 0 Å². The minimum atomic E-state index is -1.12. The van der Waals surface area contributed by atoms with Gasteiger partial charge in [-0.1, -0.05) is 54.1 Å². The van der Waals surface area contributed by atoms with Crippen LogP contribution in [0.25, 0.3) is 17.1 Å². The molecule has 1 atom stereocenters. The molecule has 0 aliphatic carbocycles. The predicted octanol–water partition coefficient (Wildman–Crippen LogP) is 2.98. The van der Waals surface area contributed by atoms with Gasteiger partial charge in [0.15, 0.2) is 5.82 Å². The number of rotatable bonds is 8.